The fourth-order valence-electron chi connectivity index (χ4n) is 3.47. The van der Waals surface area contributed by atoms with Crippen LogP contribution in [0.5, 0.6) is 17.2 Å². The molecule has 3 rings (SSSR count). The molecule has 8 heteroatoms. The van der Waals surface area contributed by atoms with Crippen molar-refractivity contribution < 1.29 is 28.5 Å². The molecule has 0 spiro atoms. The van der Waals surface area contributed by atoms with Crippen LogP contribution < -0.4 is 19.5 Å². The lowest BCUT2D eigenvalue weighted by Crippen LogP contribution is -2.12. The van der Waals surface area contributed by atoms with Crippen LogP contribution in [0.4, 0.5) is 5.00 Å². The van der Waals surface area contributed by atoms with Crippen LogP contribution in [0.25, 0.3) is 17.2 Å². The summed E-state index contributed by atoms with van der Waals surface area (Å²) in [5.74, 6) is 0.937. The Balaban J connectivity index is 1.86. The van der Waals surface area contributed by atoms with Crippen molar-refractivity contribution in [3.8, 4) is 28.4 Å². The molecule has 1 amide bonds. The minimum absolute atomic E-state index is 0.210. The minimum Gasteiger partial charge on any atom is -0.493 e. The van der Waals surface area contributed by atoms with Crippen molar-refractivity contribution in [2.45, 2.75) is 26.7 Å². The summed E-state index contributed by atoms with van der Waals surface area (Å²) in [5.41, 5.74) is 2.46. The van der Waals surface area contributed by atoms with E-state index in [1.165, 1.54) is 17.4 Å². The average Bonchev–Trinajstić information content (AvgIpc) is 3.31. The summed E-state index contributed by atoms with van der Waals surface area (Å²) in [6.07, 6.45) is 5.11. The Bertz CT molecular complexity index is 1220. The fraction of sp³-hybridized carbons (Fsp3) is 0.286. The first kappa shape index (κ1) is 26.8. The van der Waals surface area contributed by atoms with Crippen molar-refractivity contribution >= 4 is 34.3 Å². The number of rotatable bonds is 12. The van der Waals surface area contributed by atoms with E-state index in [0.717, 1.165) is 24.0 Å². The monoisotopic (exact) mass is 509 g/mol. The summed E-state index contributed by atoms with van der Waals surface area (Å²) in [6, 6.07) is 12.9. The van der Waals surface area contributed by atoms with Gasteiger partial charge in [-0.05, 0) is 43.2 Å². The Morgan fingerprint density at radius 3 is 2.50 bits per heavy atom. The SMILES string of the molecule is CCCCOc1ccccc1/C=C/C(=O)Nc1scc(-c2ccc(OC)c(OC)c2)c1C(=O)OCC. The second kappa shape index (κ2) is 13.3. The Morgan fingerprint density at radius 1 is 1.00 bits per heavy atom. The van der Waals surface area contributed by atoms with Gasteiger partial charge in [0.1, 0.15) is 16.3 Å². The molecule has 36 heavy (non-hydrogen) atoms. The lowest BCUT2D eigenvalue weighted by molar-refractivity contribution is -0.111. The van der Waals surface area contributed by atoms with Gasteiger partial charge in [0.25, 0.3) is 0 Å². The maximum absolute atomic E-state index is 12.9. The zero-order valence-electron chi connectivity index (χ0n) is 21.0. The molecule has 3 aromatic rings. The van der Waals surface area contributed by atoms with Crippen molar-refractivity contribution in [1.29, 1.82) is 0 Å². The second-order valence-corrected chi connectivity index (χ2v) is 8.59. The third-order valence-corrected chi connectivity index (χ3v) is 6.19. The number of carbonyl (C=O) groups is 2. The Kier molecular flexibility index (Phi) is 9.94. The van der Waals surface area contributed by atoms with E-state index in [1.54, 1.807) is 39.4 Å². The number of amides is 1. The highest BCUT2D eigenvalue weighted by Crippen LogP contribution is 2.39. The van der Waals surface area contributed by atoms with Gasteiger partial charge < -0.3 is 24.3 Å². The molecule has 2 aromatic carbocycles. The van der Waals surface area contributed by atoms with E-state index in [4.69, 9.17) is 18.9 Å². The zero-order valence-corrected chi connectivity index (χ0v) is 21.8. The predicted octanol–water partition coefficient (Wildman–Crippen LogP) is 6.44. The largest absolute Gasteiger partial charge is 0.493 e. The molecule has 0 radical (unpaired) electrons. The first-order valence-electron chi connectivity index (χ1n) is 11.7. The number of methoxy groups -OCH3 is 2. The highest BCUT2D eigenvalue weighted by atomic mass is 32.1. The molecule has 190 valence electrons. The van der Waals surface area contributed by atoms with Gasteiger partial charge in [0.15, 0.2) is 11.5 Å². The van der Waals surface area contributed by atoms with Crippen molar-refractivity contribution in [2.75, 3.05) is 32.8 Å². The number of nitrogens with one attached hydrogen (secondary N) is 1. The number of benzene rings is 2. The summed E-state index contributed by atoms with van der Waals surface area (Å²) >= 11 is 1.25. The molecule has 1 aromatic heterocycles. The summed E-state index contributed by atoms with van der Waals surface area (Å²) in [7, 11) is 3.11. The number of para-hydroxylation sites is 1. The molecular weight excluding hydrogens is 478 g/mol. The van der Waals surface area contributed by atoms with Gasteiger partial charge in [-0.2, -0.15) is 0 Å². The number of anilines is 1. The van der Waals surface area contributed by atoms with Crippen LogP contribution in [0.15, 0.2) is 53.9 Å². The van der Waals surface area contributed by atoms with Crippen molar-refractivity contribution in [3.63, 3.8) is 0 Å². The van der Waals surface area contributed by atoms with Crippen LogP contribution >= 0.6 is 11.3 Å². The molecule has 0 aliphatic carbocycles. The zero-order chi connectivity index (χ0) is 25.9. The molecule has 0 unspecified atom stereocenters. The molecule has 1 N–H and O–H groups in total. The predicted molar refractivity (Wildman–Crippen MR) is 143 cm³/mol. The summed E-state index contributed by atoms with van der Waals surface area (Å²) < 4.78 is 21.8. The number of hydrogen-bond acceptors (Lipinski definition) is 7. The van der Waals surface area contributed by atoms with Crippen LogP contribution in [-0.2, 0) is 9.53 Å². The second-order valence-electron chi connectivity index (χ2n) is 7.71. The molecule has 0 aliphatic heterocycles. The highest BCUT2D eigenvalue weighted by molar-refractivity contribution is 7.15. The van der Waals surface area contributed by atoms with Gasteiger partial charge in [-0.25, -0.2) is 4.79 Å². The molecular formula is C28H31NO6S. The van der Waals surface area contributed by atoms with E-state index >= 15 is 0 Å². The van der Waals surface area contributed by atoms with Crippen molar-refractivity contribution in [2.24, 2.45) is 0 Å². The lowest BCUT2D eigenvalue weighted by Gasteiger charge is -2.11. The van der Waals surface area contributed by atoms with Gasteiger partial charge in [-0.1, -0.05) is 37.6 Å². The maximum Gasteiger partial charge on any atom is 0.341 e. The summed E-state index contributed by atoms with van der Waals surface area (Å²) in [6.45, 7) is 4.67. The third kappa shape index (κ3) is 6.66. The quantitative estimate of drug-likeness (QED) is 0.172. The van der Waals surface area contributed by atoms with E-state index in [0.29, 0.717) is 40.0 Å². The normalized spacial score (nSPS) is 10.8. The van der Waals surface area contributed by atoms with E-state index in [1.807, 2.05) is 35.7 Å². The number of esters is 1. The Hall–Kier alpha value is -3.78. The number of carbonyl (C=O) groups excluding carboxylic acids is 2. The summed E-state index contributed by atoms with van der Waals surface area (Å²) in [5, 5.41) is 5.04. The number of ether oxygens (including phenoxy) is 4. The molecule has 1 heterocycles. The minimum atomic E-state index is -0.516. The van der Waals surface area contributed by atoms with Gasteiger partial charge in [-0.3, -0.25) is 4.79 Å². The first-order chi connectivity index (χ1) is 17.5. The van der Waals surface area contributed by atoms with Gasteiger partial charge in [0.05, 0.1) is 27.4 Å². The number of hydrogen-bond donors (Lipinski definition) is 1. The van der Waals surface area contributed by atoms with E-state index in [2.05, 4.69) is 12.2 Å². The topological polar surface area (TPSA) is 83.1 Å². The van der Waals surface area contributed by atoms with Crippen molar-refractivity contribution in [1.82, 2.24) is 0 Å². The average molecular weight is 510 g/mol. The lowest BCUT2D eigenvalue weighted by atomic mass is 10.0. The molecule has 0 aliphatic rings. The van der Waals surface area contributed by atoms with Crippen LogP contribution in [0.3, 0.4) is 0 Å². The van der Waals surface area contributed by atoms with Crippen LogP contribution in [0.1, 0.15) is 42.6 Å². The van der Waals surface area contributed by atoms with E-state index in [9.17, 15) is 9.59 Å². The molecule has 0 atom stereocenters. The van der Waals surface area contributed by atoms with Gasteiger partial charge in [0.2, 0.25) is 5.91 Å². The molecule has 0 saturated carbocycles. The van der Waals surface area contributed by atoms with Gasteiger partial charge in [-0.15, -0.1) is 11.3 Å². The molecule has 0 saturated heterocycles. The van der Waals surface area contributed by atoms with E-state index in [-0.39, 0.29) is 12.5 Å². The standard InChI is InChI=1S/C28H31NO6S/c1-5-7-16-35-22-11-9-8-10-19(22)13-15-25(30)29-27-26(28(31)34-6-2)21(18-36-27)20-12-14-23(32-3)24(17-20)33-4/h8-15,17-18H,5-7,16H2,1-4H3,(H,29,30)/b15-13+. The molecule has 7 nitrogen and oxygen atoms in total. The Morgan fingerprint density at radius 2 is 1.78 bits per heavy atom. The third-order valence-electron chi connectivity index (χ3n) is 5.29. The summed E-state index contributed by atoms with van der Waals surface area (Å²) in [4.78, 5) is 25.7. The number of unbranched alkanes of at least 4 members (excludes halogenated alkanes) is 1. The van der Waals surface area contributed by atoms with E-state index < -0.39 is 5.97 Å². The fourth-order valence-corrected chi connectivity index (χ4v) is 4.43. The van der Waals surface area contributed by atoms with Crippen LogP contribution in [0.2, 0.25) is 0 Å². The highest BCUT2D eigenvalue weighted by Gasteiger charge is 2.23. The smallest absolute Gasteiger partial charge is 0.341 e. The van der Waals surface area contributed by atoms with Crippen LogP contribution in [-0.4, -0.2) is 39.3 Å². The van der Waals surface area contributed by atoms with Gasteiger partial charge in [0, 0.05) is 22.6 Å². The van der Waals surface area contributed by atoms with Crippen LogP contribution in [0, 0.1) is 0 Å². The Labute approximate surface area is 215 Å². The maximum atomic E-state index is 12.9. The number of thiophene rings is 1. The first-order valence-corrected chi connectivity index (χ1v) is 12.6. The molecule has 0 bridgehead atoms. The molecule has 0 fully saturated rings. The van der Waals surface area contributed by atoms with Crippen molar-refractivity contribution in [3.05, 3.63) is 65.0 Å². The van der Waals surface area contributed by atoms with Gasteiger partial charge >= 0.3 is 5.97 Å².